The summed E-state index contributed by atoms with van der Waals surface area (Å²) in [6.45, 7) is 2.14. The number of aromatic carboxylic acids is 1. The van der Waals surface area contributed by atoms with Gasteiger partial charge in [0.15, 0.2) is 0 Å². The molecule has 0 aliphatic rings. The number of carbonyl (C=O) groups excluding carboxylic acids is 1. The Hall–Kier alpha value is -2.13. The van der Waals surface area contributed by atoms with Gasteiger partial charge in [-0.3, -0.25) is 9.52 Å². The molecule has 0 aliphatic heterocycles. The zero-order valence-electron chi connectivity index (χ0n) is 17.3. The van der Waals surface area contributed by atoms with E-state index in [4.69, 9.17) is 0 Å². The molecular formula is C24H22Br2N2O3S. The molecule has 0 fully saturated rings. The fourth-order valence-corrected chi connectivity index (χ4v) is 4.78. The SMILES string of the molecule is CCC(Cc1ccccc1)NSc1cc(C(=O)Nc2ccc(Br)cc2C(=O)O)ccc1Br. The van der Waals surface area contributed by atoms with Gasteiger partial charge in [0.1, 0.15) is 0 Å². The first-order valence-corrected chi connectivity index (χ1v) is 12.4. The maximum absolute atomic E-state index is 12.8. The van der Waals surface area contributed by atoms with Crippen LogP contribution in [-0.4, -0.2) is 23.0 Å². The molecule has 3 rings (SSSR count). The first-order chi connectivity index (χ1) is 15.4. The molecule has 0 saturated carbocycles. The summed E-state index contributed by atoms with van der Waals surface area (Å²) in [6.07, 6.45) is 1.87. The summed E-state index contributed by atoms with van der Waals surface area (Å²) >= 11 is 8.28. The predicted octanol–water partition coefficient (Wildman–Crippen LogP) is 6.78. The van der Waals surface area contributed by atoms with Gasteiger partial charge in [-0.1, -0.05) is 53.2 Å². The lowest BCUT2D eigenvalue weighted by atomic mass is 10.1. The summed E-state index contributed by atoms with van der Waals surface area (Å²) < 4.78 is 4.99. The van der Waals surface area contributed by atoms with E-state index in [-0.39, 0.29) is 23.2 Å². The molecule has 0 saturated heterocycles. The van der Waals surface area contributed by atoms with Crippen LogP contribution in [0.1, 0.15) is 39.6 Å². The number of hydrogen-bond acceptors (Lipinski definition) is 4. The van der Waals surface area contributed by atoms with E-state index in [0.29, 0.717) is 10.0 Å². The molecule has 0 heterocycles. The summed E-state index contributed by atoms with van der Waals surface area (Å²) in [7, 11) is 0. The Balaban J connectivity index is 1.71. The normalized spacial score (nSPS) is 11.7. The van der Waals surface area contributed by atoms with E-state index in [1.165, 1.54) is 23.6 Å². The first kappa shape index (κ1) is 24.5. The quantitative estimate of drug-likeness (QED) is 0.244. The summed E-state index contributed by atoms with van der Waals surface area (Å²) in [5.41, 5.74) is 1.97. The number of benzene rings is 3. The van der Waals surface area contributed by atoms with Gasteiger partial charge in [-0.05, 0) is 82.7 Å². The lowest BCUT2D eigenvalue weighted by Crippen LogP contribution is -2.24. The fraction of sp³-hybridized carbons (Fsp3) is 0.167. The molecule has 166 valence electrons. The van der Waals surface area contributed by atoms with Crippen molar-refractivity contribution in [3.05, 3.63) is 92.4 Å². The molecule has 0 radical (unpaired) electrons. The second kappa shape index (κ2) is 11.7. The average molecular weight is 578 g/mol. The van der Waals surface area contributed by atoms with Crippen molar-refractivity contribution in [1.29, 1.82) is 0 Å². The molecule has 3 aromatic rings. The topological polar surface area (TPSA) is 78.4 Å². The van der Waals surface area contributed by atoms with Gasteiger partial charge in [-0.15, -0.1) is 0 Å². The van der Waals surface area contributed by atoms with Gasteiger partial charge in [0.2, 0.25) is 0 Å². The largest absolute Gasteiger partial charge is 0.478 e. The Kier molecular flexibility index (Phi) is 8.92. The summed E-state index contributed by atoms with van der Waals surface area (Å²) in [5.74, 6) is -1.48. The van der Waals surface area contributed by atoms with Crippen molar-refractivity contribution in [2.24, 2.45) is 0 Å². The van der Waals surface area contributed by atoms with Crippen molar-refractivity contribution in [2.75, 3.05) is 5.32 Å². The van der Waals surface area contributed by atoms with Gasteiger partial charge in [0.05, 0.1) is 11.3 Å². The minimum absolute atomic E-state index is 0.0211. The van der Waals surface area contributed by atoms with Crippen LogP contribution in [0.3, 0.4) is 0 Å². The molecular weight excluding hydrogens is 556 g/mol. The van der Waals surface area contributed by atoms with Gasteiger partial charge in [-0.25, -0.2) is 4.79 Å². The molecule has 1 atom stereocenters. The van der Waals surface area contributed by atoms with E-state index in [9.17, 15) is 14.7 Å². The number of amides is 1. The predicted molar refractivity (Wildman–Crippen MR) is 136 cm³/mol. The van der Waals surface area contributed by atoms with Crippen molar-refractivity contribution in [3.63, 3.8) is 0 Å². The zero-order chi connectivity index (χ0) is 23.1. The summed E-state index contributed by atoms with van der Waals surface area (Å²) in [6, 6.07) is 20.6. The molecule has 3 aromatic carbocycles. The zero-order valence-corrected chi connectivity index (χ0v) is 21.3. The molecule has 5 nitrogen and oxygen atoms in total. The molecule has 1 amide bonds. The second-order valence-electron chi connectivity index (χ2n) is 7.11. The van der Waals surface area contributed by atoms with Crippen molar-refractivity contribution >= 4 is 61.4 Å². The van der Waals surface area contributed by atoms with Gasteiger partial charge in [0.25, 0.3) is 5.91 Å². The lowest BCUT2D eigenvalue weighted by molar-refractivity contribution is 0.0698. The monoisotopic (exact) mass is 576 g/mol. The number of hydrogen-bond donors (Lipinski definition) is 3. The van der Waals surface area contributed by atoms with Crippen LogP contribution in [0.5, 0.6) is 0 Å². The number of anilines is 1. The van der Waals surface area contributed by atoms with Crippen LogP contribution in [0.2, 0.25) is 0 Å². The third kappa shape index (κ3) is 6.68. The number of nitrogens with one attached hydrogen (secondary N) is 2. The number of carbonyl (C=O) groups is 2. The van der Waals surface area contributed by atoms with Crippen LogP contribution in [-0.2, 0) is 6.42 Å². The van der Waals surface area contributed by atoms with Gasteiger partial charge < -0.3 is 10.4 Å². The third-order valence-electron chi connectivity index (χ3n) is 4.81. The molecule has 1 unspecified atom stereocenters. The Morgan fingerprint density at radius 1 is 1.03 bits per heavy atom. The molecule has 0 aliphatic carbocycles. The van der Waals surface area contributed by atoms with E-state index >= 15 is 0 Å². The number of carboxylic acids is 1. The van der Waals surface area contributed by atoms with E-state index in [2.05, 4.69) is 61.0 Å². The third-order valence-corrected chi connectivity index (χ3v) is 7.26. The summed E-state index contributed by atoms with van der Waals surface area (Å²) in [4.78, 5) is 25.2. The van der Waals surface area contributed by atoms with Gasteiger partial charge in [-0.2, -0.15) is 0 Å². The highest BCUT2D eigenvalue weighted by Gasteiger charge is 2.16. The molecule has 32 heavy (non-hydrogen) atoms. The molecule has 3 N–H and O–H groups in total. The van der Waals surface area contributed by atoms with Crippen LogP contribution in [0, 0.1) is 0 Å². The van der Waals surface area contributed by atoms with Gasteiger partial charge >= 0.3 is 5.97 Å². The van der Waals surface area contributed by atoms with Crippen LogP contribution >= 0.6 is 43.8 Å². The molecule has 0 spiro atoms. The maximum Gasteiger partial charge on any atom is 0.337 e. The minimum atomic E-state index is -1.11. The van der Waals surface area contributed by atoms with Crippen molar-refractivity contribution in [2.45, 2.75) is 30.7 Å². The lowest BCUT2D eigenvalue weighted by Gasteiger charge is -2.17. The molecule has 0 bridgehead atoms. The minimum Gasteiger partial charge on any atom is -0.478 e. The second-order valence-corrected chi connectivity index (χ2v) is 9.76. The van der Waals surface area contributed by atoms with Gasteiger partial charge in [0, 0.05) is 25.4 Å². The first-order valence-electron chi connectivity index (χ1n) is 9.97. The Morgan fingerprint density at radius 2 is 1.78 bits per heavy atom. The highest BCUT2D eigenvalue weighted by molar-refractivity contribution is 9.10. The Labute approximate surface area is 208 Å². The van der Waals surface area contributed by atoms with E-state index in [1.54, 1.807) is 24.3 Å². The van der Waals surface area contributed by atoms with Crippen molar-refractivity contribution < 1.29 is 14.7 Å². The average Bonchev–Trinajstić information content (AvgIpc) is 2.79. The summed E-state index contributed by atoms with van der Waals surface area (Å²) in [5, 5.41) is 12.1. The number of halogens is 2. The number of rotatable bonds is 9. The molecule has 8 heteroatoms. The smallest absolute Gasteiger partial charge is 0.337 e. The van der Waals surface area contributed by atoms with Crippen LogP contribution in [0.15, 0.2) is 80.6 Å². The fourth-order valence-electron chi connectivity index (χ4n) is 3.03. The van der Waals surface area contributed by atoms with Crippen LogP contribution in [0.4, 0.5) is 5.69 Å². The Morgan fingerprint density at radius 3 is 2.47 bits per heavy atom. The maximum atomic E-state index is 12.8. The van der Waals surface area contributed by atoms with E-state index < -0.39 is 5.97 Å². The highest BCUT2D eigenvalue weighted by atomic mass is 79.9. The molecule has 0 aromatic heterocycles. The van der Waals surface area contributed by atoms with E-state index in [1.807, 2.05) is 24.3 Å². The van der Waals surface area contributed by atoms with E-state index in [0.717, 1.165) is 22.2 Å². The van der Waals surface area contributed by atoms with Crippen LogP contribution in [0.25, 0.3) is 0 Å². The van der Waals surface area contributed by atoms with Crippen LogP contribution < -0.4 is 10.0 Å². The Bertz CT molecular complexity index is 1110. The van der Waals surface area contributed by atoms with Crippen molar-refractivity contribution in [3.8, 4) is 0 Å². The van der Waals surface area contributed by atoms with Crippen molar-refractivity contribution in [1.82, 2.24) is 4.72 Å². The highest BCUT2D eigenvalue weighted by Crippen LogP contribution is 2.29. The standard InChI is InChI=1S/C24H22Br2N2O3S/c1-2-18(12-15-6-4-3-5-7-15)28-32-22-13-16(8-10-20(22)26)23(29)27-21-11-9-17(25)14-19(21)24(30)31/h3-11,13-14,18,28H,2,12H2,1H3,(H,27,29)(H,30,31). The number of carboxylic acid groups (broad SMARTS) is 1.